The van der Waals surface area contributed by atoms with Gasteiger partial charge in [0, 0.05) is 19.0 Å². The second-order valence-electron chi connectivity index (χ2n) is 5.10. The molecule has 1 atom stereocenters. The van der Waals surface area contributed by atoms with Gasteiger partial charge in [-0.15, -0.1) is 0 Å². The number of pyridine rings is 1. The van der Waals surface area contributed by atoms with Crippen LogP contribution in [-0.2, 0) is 4.74 Å². The summed E-state index contributed by atoms with van der Waals surface area (Å²) in [6, 6.07) is 10.7. The number of methoxy groups -OCH3 is 1. The standard InChI is InChI=1S/C16H16N4O3/c1-10(23-2)11-5-3-6-12(9-11)17-15(21)13-7-4-8-20-14(13)18-19-16(20)22/h3-10H,1-2H3,(H,17,21)(H,19,22). The van der Waals surface area contributed by atoms with Gasteiger partial charge in [-0.05, 0) is 36.8 Å². The number of nitrogens with one attached hydrogen (secondary N) is 2. The van der Waals surface area contributed by atoms with E-state index in [2.05, 4.69) is 15.5 Å². The molecule has 0 bridgehead atoms. The molecule has 2 N–H and O–H groups in total. The summed E-state index contributed by atoms with van der Waals surface area (Å²) < 4.78 is 6.57. The fourth-order valence-corrected chi connectivity index (χ4v) is 2.31. The van der Waals surface area contributed by atoms with E-state index < -0.39 is 0 Å². The molecule has 3 aromatic rings. The van der Waals surface area contributed by atoms with Crippen LogP contribution >= 0.6 is 0 Å². The smallest absolute Gasteiger partial charge is 0.347 e. The van der Waals surface area contributed by atoms with Gasteiger partial charge in [-0.2, -0.15) is 5.10 Å². The molecule has 0 radical (unpaired) electrons. The number of fused-ring (bicyclic) bond motifs is 1. The van der Waals surface area contributed by atoms with Crippen LogP contribution in [0.25, 0.3) is 5.65 Å². The molecule has 0 fully saturated rings. The molecule has 0 saturated carbocycles. The number of nitrogens with zero attached hydrogens (tertiary/aromatic N) is 2. The number of aromatic nitrogens is 3. The largest absolute Gasteiger partial charge is 0.377 e. The van der Waals surface area contributed by atoms with Crippen molar-refractivity contribution < 1.29 is 9.53 Å². The summed E-state index contributed by atoms with van der Waals surface area (Å²) in [5, 5.41) is 9.03. The maximum Gasteiger partial charge on any atom is 0.347 e. The number of H-pyrrole nitrogens is 1. The van der Waals surface area contributed by atoms with Gasteiger partial charge in [0.1, 0.15) is 0 Å². The number of rotatable bonds is 4. The van der Waals surface area contributed by atoms with Gasteiger partial charge in [0.2, 0.25) is 0 Å². The van der Waals surface area contributed by atoms with E-state index >= 15 is 0 Å². The van der Waals surface area contributed by atoms with Gasteiger partial charge in [-0.1, -0.05) is 12.1 Å². The Morgan fingerprint density at radius 2 is 2.17 bits per heavy atom. The number of anilines is 1. The zero-order valence-corrected chi connectivity index (χ0v) is 12.7. The minimum Gasteiger partial charge on any atom is -0.377 e. The molecule has 0 spiro atoms. The monoisotopic (exact) mass is 312 g/mol. The molecule has 1 aromatic carbocycles. The molecular formula is C16H16N4O3. The first-order valence-electron chi connectivity index (χ1n) is 7.10. The first-order valence-corrected chi connectivity index (χ1v) is 7.10. The van der Waals surface area contributed by atoms with Crippen LogP contribution in [-0.4, -0.2) is 27.6 Å². The van der Waals surface area contributed by atoms with Gasteiger partial charge < -0.3 is 10.1 Å². The Labute approximate surface area is 131 Å². The molecule has 23 heavy (non-hydrogen) atoms. The van der Waals surface area contributed by atoms with Crippen LogP contribution in [0.5, 0.6) is 0 Å². The number of amides is 1. The van der Waals surface area contributed by atoms with Crippen molar-refractivity contribution in [3.63, 3.8) is 0 Å². The lowest BCUT2D eigenvalue weighted by atomic mass is 10.1. The zero-order valence-electron chi connectivity index (χ0n) is 12.7. The van der Waals surface area contributed by atoms with Crippen molar-refractivity contribution in [3.8, 4) is 0 Å². The van der Waals surface area contributed by atoms with E-state index in [-0.39, 0.29) is 23.3 Å². The van der Waals surface area contributed by atoms with E-state index in [4.69, 9.17) is 4.74 Å². The molecule has 2 heterocycles. The third-order valence-corrected chi connectivity index (χ3v) is 3.66. The van der Waals surface area contributed by atoms with E-state index in [0.717, 1.165) is 5.56 Å². The summed E-state index contributed by atoms with van der Waals surface area (Å²) in [6.07, 6.45) is 1.49. The molecule has 2 aromatic heterocycles. The molecule has 118 valence electrons. The number of ether oxygens (including phenoxy) is 1. The zero-order chi connectivity index (χ0) is 16.4. The fraction of sp³-hybridized carbons (Fsp3) is 0.188. The van der Waals surface area contributed by atoms with E-state index in [1.165, 1.54) is 4.40 Å². The minimum atomic E-state index is -0.384. The Kier molecular flexibility index (Phi) is 3.94. The third-order valence-electron chi connectivity index (χ3n) is 3.66. The summed E-state index contributed by atoms with van der Waals surface area (Å²) in [6.45, 7) is 1.93. The Morgan fingerprint density at radius 3 is 2.96 bits per heavy atom. The highest BCUT2D eigenvalue weighted by Crippen LogP contribution is 2.20. The summed E-state index contributed by atoms with van der Waals surface area (Å²) in [5.74, 6) is -0.336. The maximum atomic E-state index is 12.5. The van der Waals surface area contributed by atoms with Crippen molar-refractivity contribution in [3.05, 3.63) is 64.2 Å². The lowest BCUT2D eigenvalue weighted by Crippen LogP contribution is -2.15. The van der Waals surface area contributed by atoms with Crippen LogP contribution in [0.15, 0.2) is 47.4 Å². The lowest BCUT2D eigenvalue weighted by Gasteiger charge is -2.12. The van der Waals surface area contributed by atoms with Crippen molar-refractivity contribution in [1.29, 1.82) is 0 Å². The molecule has 1 amide bonds. The van der Waals surface area contributed by atoms with Gasteiger partial charge in [0.25, 0.3) is 5.91 Å². The highest BCUT2D eigenvalue weighted by molar-refractivity contribution is 6.08. The van der Waals surface area contributed by atoms with Gasteiger partial charge in [0.05, 0.1) is 11.7 Å². The van der Waals surface area contributed by atoms with Gasteiger partial charge in [-0.25, -0.2) is 14.3 Å². The molecule has 0 aliphatic rings. The van der Waals surface area contributed by atoms with E-state index in [0.29, 0.717) is 11.3 Å². The van der Waals surface area contributed by atoms with Crippen LogP contribution < -0.4 is 11.0 Å². The molecule has 3 rings (SSSR count). The summed E-state index contributed by atoms with van der Waals surface area (Å²) >= 11 is 0. The molecular weight excluding hydrogens is 296 g/mol. The van der Waals surface area contributed by atoms with E-state index in [1.54, 1.807) is 31.5 Å². The van der Waals surface area contributed by atoms with Crippen molar-refractivity contribution >= 4 is 17.2 Å². The molecule has 7 nitrogen and oxygen atoms in total. The highest BCUT2D eigenvalue weighted by Gasteiger charge is 2.14. The molecule has 0 aliphatic heterocycles. The molecule has 0 aliphatic carbocycles. The second kappa shape index (κ2) is 6.05. The summed E-state index contributed by atoms with van der Waals surface area (Å²) in [7, 11) is 1.63. The van der Waals surface area contributed by atoms with E-state index in [1.807, 2.05) is 25.1 Å². The number of carbonyl (C=O) groups excluding carboxylic acids is 1. The average molecular weight is 312 g/mol. The first-order chi connectivity index (χ1) is 11.1. The predicted molar refractivity (Wildman–Crippen MR) is 85.6 cm³/mol. The molecule has 0 saturated heterocycles. The average Bonchev–Trinajstić information content (AvgIpc) is 2.95. The highest BCUT2D eigenvalue weighted by atomic mass is 16.5. The van der Waals surface area contributed by atoms with Crippen LogP contribution in [0, 0.1) is 0 Å². The number of hydrogen-bond donors (Lipinski definition) is 2. The topological polar surface area (TPSA) is 88.5 Å². The van der Waals surface area contributed by atoms with Crippen molar-refractivity contribution in [2.45, 2.75) is 13.0 Å². The SMILES string of the molecule is COC(C)c1cccc(NC(=O)c2cccn3c(=O)[nH]nc23)c1. The Bertz CT molecular complexity index is 913. The quantitative estimate of drug-likeness (QED) is 0.771. The summed E-state index contributed by atoms with van der Waals surface area (Å²) in [5.41, 5.74) is 1.83. The van der Waals surface area contributed by atoms with Gasteiger partial charge in [0.15, 0.2) is 5.65 Å². The summed E-state index contributed by atoms with van der Waals surface area (Å²) in [4.78, 5) is 24.0. The predicted octanol–water partition coefficient (Wildman–Crippen LogP) is 1.98. The van der Waals surface area contributed by atoms with Crippen molar-refractivity contribution in [2.75, 3.05) is 12.4 Å². The second-order valence-corrected chi connectivity index (χ2v) is 5.10. The van der Waals surface area contributed by atoms with Crippen LogP contribution in [0.3, 0.4) is 0 Å². The fourth-order valence-electron chi connectivity index (χ4n) is 2.31. The number of benzene rings is 1. The van der Waals surface area contributed by atoms with E-state index in [9.17, 15) is 9.59 Å². The van der Waals surface area contributed by atoms with Gasteiger partial charge in [-0.3, -0.25) is 4.79 Å². The van der Waals surface area contributed by atoms with Crippen LogP contribution in [0.4, 0.5) is 5.69 Å². The Balaban J connectivity index is 1.91. The Hall–Kier alpha value is -2.93. The molecule has 1 unspecified atom stereocenters. The number of carbonyl (C=O) groups is 1. The van der Waals surface area contributed by atoms with Crippen molar-refractivity contribution in [1.82, 2.24) is 14.6 Å². The maximum absolute atomic E-state index is 12.5. The van der Waals surface area contributed by atoms with Gasteiger partial charge >= 0.3 is 5.69 Å². The van der Waals surface area contributed by atoms with Crippen LogP contribution in [0.2, 0.25) is 0 Å². The first kappa shape index (κ1) is 15.0. The van der Waals surface area contributed by atoms with Crippen LogP contribution in [0.1, 0.15) is 28.9 Å². The number of hydrogen-bond acceptors (Lipinski definition) is 4. The molecule has 7 heteroatoms. The minimum absolute atomic E-state index is 0.0693. The lowest BCUT2D eigenvalue weighted by molar-refractivity contribution is 0.102. The third kappa shape index (κ3) is 2.86. The Morgan fingerprint density at radius 1 is 1.35 bits per heavy atom. The number of aromatic amines is 1. The van der Waals surface area contributed by atoms with Crippen molar-refractivity contribution in [2.24, 2.45) is 0 Å². The normalized spacial score (nSPS) is 12.3.